The first kappa shape index (κ1) is 9.10. The Morgan fingerprint density at radius 3 is 2.73 bits per heavy atom. The molecule has 76 valence electrons. The molecule has 3 rings (SSSR count). The van der Waals surface area contributed by atoms with E-state index in [-0.39, 0.29) is 0 Å². The van der Waals surface area contributed by atoms with E-state index >= 15 is 0 Å². The van der Waals surface area contributed by atoms with E-state index in [1.165, 1.54) is 16.9 Å². The minimum atomic E-state index is 0.704. The quantitative estimate of drug-likeness (QED) is 0.744. The van der Waals surface area contributed by atoms with Gasteiger partial charge >= 0.3 is 0 Å². The van der Waals surface area contributed by atoms with Gasteiger partial charge < -0.3 is 4.57 Å². The Labute approximate surface area is 94.1 Å². The summed E-state index contributed by atoms with van der Waals surface area (Å²) in [4.78, 5) is 1.47. The van der Waals surface area contributed by atoms with Gasteiger partial charge in [-0.15, -0.1) is 11.8 Å². The predicted octanol–water partition coefficient (Wildman–Crippen LogP) is 3.21. The normalized spacial score (nSPS) is 19.1. The highest BCUT2D eigenvalue weighted by Gasteiger charge is 2.21. The van der Waals surface area contributed by atoms with Crippen LogP contribution in [0, 0.1) is 0 Å². The average Bonchev–Trinajstić information content (AvgIpc) is 2.86. The van der Waals surface area contributed by atoms with Crippen molar-refractivity contribution in [2.24, 2.45) is 0 Å². The Morgan fingerprint density at radius 1 is 1.13 bits per heavy atom. The highest BCUT2D eigenvalue weighted by atomic mass is 32.2. The zero-order chi connectivity index (χ0) is 10.1. The fourth-order valence-electron chi connectivity index (χ4n) is 2.08. The van der Waals surface area contributed by atoms with Gasteiger partial charge in [-0.05, 0) is 30.2 Å². The van der Waals surface area contributed by atoms with Crippen LogP contribution in [0.2, 0.25) is 0 Å². The molecule has 2 aromatic rings. The summed E-state index contributed by atoms with van der Waals surface area (Å²) in [5, 5.41) is 0.704. The Kier molecular flexibility index (Phi) is 2.29. The van der Waals surface area contributed by atoms with Gasteiger partial charge in [0.05, 0.1) is 0 Å². The van der Waals surface area contributed by atoms with E-state index in [0.717, 1.165) is 6.54 Å². The van der Waals surface area contributed by atoms with Crippen LogP contribution in [0.1, 0.15) is 5.56 Å². The molecule has 0 saturated carbocycles. The third-order valence-corrected chi connectivity index (χ3v) is 4.10. The van der Waals surface area contributed by atoms with Gasteiger partial charge in [0.25, 0.3) is 0 Å². The second-order valence-electron chi connectivity index (χ2n) is 3.93. The highest BCUT2D eigenvalue weighted by Crippen LogP contribution is 2.37. The maximum Gasteiger partial charge on any atom is 0.0345 e. The summed E-state index contributed by atoms with van der Waals surface area (Å²) in [5.74, 6) is 0. The van der Waals surface area contributed by atoms with E-state index in [1.54, 1.807) is 0 Å². The SMILES string of the molecule is c1ccc2c(c1)CC(Cn1cccc1)S2. The van der Waals surface area contributed by atoms with Crippen molar-refractivity contribution >= 4 is 11.8 Å². The first-order valence-corrected chi connectivity index (χ1v) is 6.15. The van der Waals surface area contributed by atoms with Crippen LogP contribution in [-0.2, 0) is 13.0 Å². The van der Waals surface area contributed by atoms with E-state index in [9.17, 15) is 0 Å². The van der Waals surface area contributed by atoms with Gasteiger partial charge in [0, 0.05) is 29.1 Å². The molecule has 0 spiro atoms. The van der Waals surface area contributed by atoms with Crippen LogP contribution in [0.3, 0.4) is 0 Å². The van der Waals surface area contributed by atoms with Crippen molar-refractivity contribution in [3.63, 3.8) is 0 Å². The largest absolute Gasteiger partial charge is 0.353 e. The zero-order valence-electron chi connectivity index (χ0n) is 8.47. The summed E-state index contributed by atoms with van der Waals surface area (Å²) in [6.45, 7) is 1.12. The van der Waals surface area contributed by atoms with Gasteiger partial charge in [-0.25, -0.2) is 0 Å². The van der Waals surface area contributed by atoms with E-state index in [0.29, 0.717) is 5.25 Å². The van der Waals surface area contributed by atoms with Crippen LogP contribution >= 0.6 is 11.8 Å². The van der Waals surface area contributed by atoms with Crippen LogP contribution in [0.4, 0.5) is 0 Å². The van der Waals surface area contributed by atoms with E-state index in [2.05, 4.69) is 53.4 Å². The Morgan fingerprint density at radius 2 is 1.93 bits per heavy atom. The zero-order valence-corrected chi connectivity index (χ0v) is 9.28. The number of hydrogen-bond donors (Lipinski definition) is 0. The van der Waals surface area contributed by atoms with E-state index < -0.39 is 0 Å². The predicted molar refractivity (Wildman–Crippen MR) is 64.2 cm³/mol. The molecule has 0 amide bonds. The summed E-state index contributed by atoms with van der Waals surface area (Å²) in [5.41, 5.74) is 1.51. The Hall–Kier alpha value is -1.15. The summed E-state index contributed by atoms with van der Waals surface area (Å²) in [6, 6.07) is 12.9. The minimum absolute atomic E-state index is 0.704. The number of benzene rings is 1. The molecule has 1 aliphatic rings. The molecule has 0 bridgehead atoms. The third-order valence-electron chi connectivity index (χ3n) is 2.79. The Balaban J connectivity index is 1.74. The van der Waals surface area contributed by atoms with Crippen molar-refractivity contribution in [2.45, 2.75) is 23.1 Å². The fraction of sp³-hybridized carbons (Fsp3) is 0.231. The lowest BCUT2D eigenvalue weighted by atomic mass is 10.1. The monoisotopic (exact) mass is 215 g/mol. The molecule has 1 atom stereocenters. The highest BCUT2D eigenvalue weighted by molar-refractivity contribution is 8.00. The van der Waals surface area contributed by atoms with Crippen LogP contribution in [0.15, 0.2) is 53.7 Å². The molecule has 2 heteroatoms. The molecule has 1 aromatic carbocycles. The maximum absolute atomic E-state index is 2.27. The molecule has 0 N–H and O–H groups in total. The van der Waals surface area contributed by atoms with Gasteiger partial charge in [0.15, 0.2) is 0 Å². The molecule has 0 fully saturated rings. The number of thioether (sulfide) groups is 1. The number of hydrogen-bond acceptors (Lipinski definition) is 1. The smallest absolute Gasteiger partial charge is 0.0345 e. The number of aromatic nitrogens is 1. The van der Waals surface area contributed by atoms with Crippen molar-refractivity contribution in [2.75, 3.05) is 0 Å². The van der Waals surface area contributed by atoms with Gasteiger partial charge in [0.1, 0.15) is 0 Å². The van der Waals surface area contributed by atoms with Crippen molar-refractivity contribution in [3.8, 4) is 0 Å². The molecule has 1 aromatic heterocycles. The lowest BCUT2D eigenvalue weighted by Crippen LogP contribution is -2.10. The average molecular weight is 215 g/mol. The molecular weight excluding hydrogens is 202 g/mol. The van der Waals surface area contributed by atoms with Gasteiger partial charge in [0.2, 0.25) is 0 Å². The Bertz CT molecular complexity index is 420. The van der Waals surface area contributed by atoms with Crippen molar-refractivity contribution in [3.05, 3.63) is 54.4 Å². The lowest BCUT2D eigenvalue weighted by molar-refractivity contribution is 0.668. The standard InChI is InChI=1S/C13H13NS/c1-2-6-13-11(5-1)9-12(15-13)10-14-7-3-4-8-14/h1-8,12H,9-10H2. The van der Waals surface area contributed by atoms with E-state index in [4.69, 9.17) is 0 Å². The molecule has 1 aliphatic heterocycles. The van der Waals surface area contributed by atoms with E-state index in [1.807, 2.05) is 11.8 Å². The third kappa shape index (κ3) is 1.82. The van der Waals surface area contributed by atoms with Crippen molar-refractivity contribution < 1.29 is 0 Å². The topological polar surface area (TPSA) is 4.93 Å². The first-order valence-electron chi connectivity index (χ1n) is 5.27. The number of nitrogens with zero attached hydrogens (tertiary/aromatic N) is 1. The van der Waals surface area contributed by atoms with Crippen LogP contribution < -0.4 is 0 Å². The van der Waals surface area contributed by atoms with Crippen LogP contribution in [0.25, 0.3) is 0 Å². The van der Waals surface area contributed by atoms with Crippen molar-refractivity contribution in [1.29, 1.82) is 0 Å². The van der Waals surface area contributed by atoms with Gasteiger partial charge in [-0.2, -0.15) is 0 Å². The molecule has 0 aliphatic carbocycles. The molecule has 2 heterocycles. The number of rotatable bonds is 2. The van der Waals surface area contributed by atoms with Gasteiger partial charge in [-0.3, -0.25) is 0 Å². The summed E-state index contributed by atoms with van der Waals surface area (Å²) in [6.07, 6.45) is 5.49. The summed E-state index contributed by atoms with van der Waals surface area (Å²) < 4.78 is 2.27. The summed E-state index contributed by atoms with van der Waals surface area (Å²) >= 11 is 2.01. The maximum atomic E-state index is 2.27. The van der Waals surface area contributed by atoms with Gasteiger partial charge in [-0.1, -0.05) is 18.2 Å². The van der Waals surface area contributed by atoms with Crippen LogP contribution in [0.5, 0.6) is 0 Å². The van der Waals surface area contributed by atoms with Crippen LogP contribution in [-0.4, -0.2) is 9.82 Å². The minimum Gasteiger partial charge on any atom is -0.353 e. The summed E-state index contributed by atoms with van der Waals surface area (Å²) in [7, 11) is 0. The molecular formula is C13H13NS. The van der Waals surface area contributed by atoms with Crippen molar-refractivity contribution in [1.82, 2.24) is 4.57 Å². The molecule has 1 nitrogen and oxygen atoms in total. The lowest BCUT2D eigenvalue weighted by Gasteiger charge is -2.08. The second kappa shape index (κ2) is 3.78. The first-order chi connectivity index (χ1) is 7.42. The molecule has 15 heavy (non-hydrogen) atoms. The number of fused-ring (bicyclic) bond motifs is 1. The fourth-order valence-corrected chi connectivity index (χ4v) is 3.41. The molecule has 0 radical (unpaired) electrons. The molecule has 1 unspecified atom stereocenters. The molecule has 0 saturated heterocycles. The second-order valence-corrected chi connectivity index (χ2v) is 5.27.